The highest BCUT2D eigenvalue weighted by Crippen LogP contribution is 2.38. The summed E-state index contributed by atoms with van der Waals surface area (Å²) >= 11 is 0. The van der Waals surface area contributed by atoms with Crippen LogP contribution in [0.2, 0.25) is 0 Å². The summed E-state index contributed by atoms with van der Waals surface area (Å²) in [7, 11) is 5.10. The van der Waals surface area contributed by atoms with E-state index in [1.165, 1.54) is 13.2 Å². The minimum absolute atomic E-state index is 0.189. The van der Waals surface area contributed by atoms with Gasteiger partial charge in [-0.2, -0.15) is 0 Å². The van der Waals surface area contributed by atoms with E-state index in [0.29, 0.717) is 28.8 Å². The van der Waals surface area contributed by atoms with Crippen molar-refractivity contribution in [3.63, 3.8) is 0 Å². The van der Waals surface area contributed by atoms with Crippen LogP contribution in [0.25, 0.3) is 22.2 Å². The van der Waals surface area contributed by atoms with Crippen LogP contribution in [0.3, 0.4) is 0 Å². The van der Waals surface area contributed by atoms with Gasteiger partial charge in [0.05, 0.1) is 31.3 Å². The molecule has 0 fully saturated rings. The van der Waals surface area contributed by atoms with Crippen molar-refractivity contribution < 1.29 is 14.3 Å². The van der Waals surface area contributed by atoms with Crippen LogP contribution < -0.4 is 20.1 Å². The fraction of sp³-hybridized carbons (Fsp3) is 0.160. The predicted molar refractivity (Wildman–Crippen MR) is 130 cm³/mol. The van der Waals surface area contributed by atoms with Crippen LogP contribution in [0.1, 0.15) is 6.42 Å². The number of rotatable bonds is 8. The third kappa shape index (κ3) is 4.50. The van der Waals surface area contributed by atoms with E-state index < -0.39 is 0 Å². The zero-order chi connectivity index (χ0) is 23.4. The number of nitrogens with one attached hydrogen (secondary N) is 2. The summed E-state index contributed by atoms with van der Waals surface area (Å²) in [6, 6.07) is 13.5. The fourth-order valence-electron chi connectivity index (χ4n) is 3.66. The van der Waals surface area contributed by atoms with Gasteiger partial charge in [0, 0.05) is 48.4 Å². The van der Waals surface area contributed by atoms with E-state index in [2.05, 4.69) is 45.1 Å². The lowest BCUT2D eigenvalue weighted by Crippen LogP contribution is -2.11. The van der Waals surface area contributed by atoms with Gasteiger partial charge in [-0.25, -0.2) is 9.97 Å². The number of carbonyl (C=O) groups is 1. The van der Waals surface area contributed by atoms with Gasteiger partial charge >= 0.3 is 0 Å². The molecule has 2 heterocycles. The molecule has 168 valence electrons. The zero-order valence-corrected chi connectivity index (χ0v) is 18.8. The molecule has 0 bridgehead atoms. The van der Waals surface area contributed by atoms with E-state index in [1.807, 2.05) is 25.2 Å². The molecule has 0 atom stereocenters. The standard InChI is InChI=1S/C25H25N5O3/c1-5-8-24(31)27-19-13-20(23(33-4)14-22(19)32-3)29-25-26-12-11-18(28-25)17-15-30(2)21-10-7-6-9-16(17)21/h5-7,9-15H,1,8H2,2-4H3,(H,27,31)(H,26,28,29). The van der Waals surface area contributed by atoms with Crippen LogP contribution in [-0.4, -0.2) is 34.7 Å². The number of aromatic nitrogens is 3. The number of fused-ring (bicyclic) bond motifs is 1. The Balaban J connectivity index is 1.70. The maximum Gasteiger partial charge on any atom is 0.228 e. The van der Waals surface area contributed by atoms with Crippen molar-refractivity contribution in [3.05, 3.63) is 67.5 Å². The second-order valence-electron chi connectivity index (χ2n) is 7.36. The first-order valence-corrected chi connectivity index (χ1v) is 10.3. The largest absolute Gasteiger partial charge is 0.494 e. The molecule has 2 aromatic heterocycles. The number of carbonyl (C=O) groups excluding carboxylic acids is 1. The monoisotopic (exact) mass is 443 g/mol. The number of methoxy groups -OCH3 is 2. The summed E-state index contributed by atoms with van der Waals surface area (Å²) in [6.07, 6.45) is 5.48. The smallest absolute Gasteiger partial charge is 0.228 e. The molecule has 0 radical (unpaired) electrons. The molecule has 0 aliphatic carbocycles. The number of benzene rings is 2. The van der Waals surface area contributed by atoms with Crippen LogP contribution in [0, 0.1) is 0 Å². The Morgan fingerprint density at radius 2 is 1.88 bits per heavy atom. The average Bonchev–Trinajstić information content (AvgIpc) is 3.16. The van der Waals surface area contributed by atoms with Crippen LogP contribution in [0.4, 0.5) is 17.3 Å². The Morgan fingerprint density at radius 3 is 2.64 bits per heavy atom. The Kier molecular flexibility index (Phi) is 6.26. The first-order valence-electron chi connectivity index (χ1n) is 10.3. The van der Waals surface area contributed by atoms with Crippen molar-refractivity contribution in [1.29, 1.82) is 0 Å². The zero-order valence-electron chi connectivity index (χ0n) is 18.8. The minimum Gasteiger partial charge on any atom is -0.494 e. The van der Waals surface area contributed by atoms with E-state index in [-0.39, 0.29) is 12.3 Å². The molecule has 2 aromatic carbocycles. The molecule has 1 amide bonds. The molecule has 4 rings (SSSR count). The Morgan fingerprint density at radius 1 is 1.12 bits per heavy atom. The molecule has 8 heteroatoms. The summed E-state index contributed by atoms with van der Waals surface area (Å²) in [5, 5.41) is 7.14. The highest BCUT2D eigenvalue weighted by molar-refractivity contribution is 5.96. The second kappa shape index (κ2) is 9.44. The van der Waals surface area contributed by atoms with Crippen molar-refractivity contribution in [3.8, 4) is 22.8 Å². The predicted octanol–water partition coefficient (Wildman–Crippen LogP) is 4.91. The lowest BCUT2D eigenvalue weighted by atomic mass is 10.1. The van der Waals surface area contributed by atoms with Gasteiger partial charge in [0.25, 0.3) is 0 Å². The molecule has 2 N–H and O–H groups in total. The summed E-state index contributed by atoms with van der Waals surface area (Å²) in [4.78, 5) is 21.2. The van der Waals surface area contributed by atoms with E-state index in [1.54, 1.807) is 25.4 Å². The molecule has 0 saturated carbocycles. The molecule has 33 heavy (non-hydrogen) atoms. The minimum atomic E-state index is -0.200. The average molecular weight is 444 g/mol. The van der Waals surface area contributed by atoms with E-state index in [0.717, 1.165) is 22.2 Å². The number of nitrogens with zero attached hydrogens (tertiary/aromatic N) is 3. The lowest BCUT2D eigenvalue weighted by Gasteiger charge is -2.16. The number of ether oxygens (including phenoxy) is 2. The van der Waals surface area contributed by atoms with Crippen molar-refractivity contribution >= 4 is 34.1 Å². The quantitative estimate of drug-likeness (QED) is 0.376. The van der Waals surface area contributed by atoms with Crippen LogP contribution in [0.15, 0.2) is 67.5 Å². The molecule has 0 aliphatic heterocycles. The number of anilines is 3. The van der Waals surface area contributed by atoms with Crippen molar-refractivity contribution in [1.82, 2.24) is 14.5 Å². The highest BCUT2D eigenvalue weighted by atomic mass is 16.5. The normalized spacial score (nSPS) is 10.6. The molecule has 0 aliphatic rings. The number of para-hydroxylation sites is 1. The summed E-state index contributed by atoms with van der Waals surface area (Å²) < 4.78 is 13.0. The van der Waals surface area contributed by atoms with E-state index in [4.69, 9.17) is 14.5 Å². The van der Waals surface area contributed by atoms with Gasteiger partial charge in [0.1, 0.15) is 11.5 Å². The Hall–Kier alpha value is -4.33. The first kappa shape index (κ1) is 21.9. The van der Waals surface area contributed by atoms with E-state index in [9.17, 15) is 4.79 Å². The molecule has 0 unspecified atom stereocenters. The molecule has 0 spiro atoms. The molecular weight excluding hydrogens is 418 g/mol. The molecule has 8 nitrogen and oxygen atoms in total. The van der Waals surface area contributed by atoms with Gasteiger partial charge in [-0.05, 0) is 18.2 Å². The highest BCUT2D eigenvalue weighted by Gasteiger charge is 2.15. The summed E-state index contributed by atoms with van der Waals surface area (Å²) in [6.45, 7) is 3.60. The number of hydrogen-bond acceptors (Lipinski definition) is 6. The summed E-state index contributed by atoms with van der Waals surface area (Å²) in [5.41, 5.74) is 4.01. The maximum atomic E-state index is 12.1. The number of amides is 1. The Labute approximate surface area is 191 Å². The number of aryl methyl sites for hydroxylation is 1. The van der Waals surface area contributed by atoms with Crippen molar-refractivity contribution in [2.45, 2.75) is 6.42 Å². The molecular formula is C25H25N5O3. The number of hydrogen-bond donors (Lipinski definition) is 2. The van der Waals surface area contributed by atoms with Gasteiger partial charge in [-0.1, -0.05) is 24.3 Å². The van der Waals surface area contributed by atoms with Crippen molar-refractivity contribution in [2.75, 3.05) is 24.9 Å². The third-order valence-corrected chi connectivity index (χ3v) is 5.20. The van der Waals surface area contributed by atoms with Crippen LogP contribution in [-0.2, 0) is 11.8 Å². The van der Waals surface area contributed by atoms with Crippen LogP contribution >= 0.6 is 0 Å². The third-order valence-electron chi connectivity index (χ3n) is 5.20. The Bertz CT molecular complexity index is 1330. The summed E-state index contributed by atoms with van der Waals surface area (Å²) in [5.74, 6) is 1.19. The second-order valence-corrected chi connectivity index (χ2v) is 7.36. The van der Waals surface area contributed by atoms with Gasteiger partial charge in [0.2, 0.25) is 11.9 Å². The van der Waals surface area contributed by atoms with Crippen LogP contribution in [0.5, 0.6) is 11.5 Å². The molecule has 4 aromatic rings. The van der Waals surface area contributed by atoms with Gasteiger partial charge in [0.15, 0.2) is 0 Å². The van der Waals surface area contributed by atoms with E-state index >= 15 is 0 Å². The van der Waals surface area contributed by atoms with Crippen molar-refractivity contribution in [2.24, 2.45) is 7.05 Å². The van der Waals surface area contributed by atoms with Gasteiger partial charge < -0.3 is 24.7 Å². The fourth-order valence-corrected chi connectivity index (χ4v) is 3.66. The topological polar surface area (TPSA) is 90.3 Å². The van der Waals surface area contributed by atoms with Gasteiger partial charge in [-0.3, -0.25) is 4.79 Å². The molecule has 0 saturated heterocycles. The lowest BCUT2D eigenvalue weighted by molar-refractivity contribution is -0.115. The SMILES string of the molecule is C=CCC(=O)Nc1cc(Nc2nccc(-c3cn(C)c4ccccc34)n2)c(OC)cc1OC. The van der Waals surface area contributed by atoms with Gasteiger partial charge in [-0.15, -0.1) is 6.58 Å². The maximum absolute atomic E-state index is 12.1. The first-order chi connectivity index (χ1) is 16.0.